The summed E-state index contributed by atoms with van der Waals surface area (Å²) in [5.41, 5.74) is -0.383. The predicted molar refractivity (Wildman–Crippen MR) is 134 cm³/mol. The molecule has 1 atom stereocenters. The fourth-order valence-corrected chi connectivity index (χ4v) is 4.70. The normalized spacial score (nSPS) is 14.9. The summed E-state index contributed by atoms with van der Waals surface area (Å²) in [4.78, 5) is 6.73. The molecule has 1 aromatic heterocycles. The number of alkyl halides is 6. The summed E-state index contributed by atoms with van der Waals surface area (Å²) in [7, 11) is 0. The van der Waals surface area contributed by atoms with Crippen molar-refractivity contribution in [3.05, 3.63) is 107 Å². The highest BCUT2D eigenvalue weighted by molar-refractivity contribution is 6.03. The zero-order chi connectivity index (χ0) is 27.8. The van der Waals surface area contributed by atoms with Gasteiger partial charge < -0.3 is 4.90 Å². The van der Waals surface area contributed by atoms with Gasteiger partial charge in [-0.1, -0.05) is 65.9 Å². The number of halogens is 6. The van der Waals surface area contributed by atoms with E-state index in [2.05, 4.69) is 20.2 Å². The Labute approximate surface area is 220 Å². The average Bonchev–Trinajstić information content (AvgIpc) is 3.55. The molecular formula is C28H23F6N5. The first-order chi connectivity index (χ1) is 18.5. The van der Waals surface area contributed by atoms with Crippen molar-refractivity contribution in [1.29, 1.82) is 0 Å². The minimum atomic E-state index is -4.95. The summed E-state index contributed by atoms with van der Waals surface area (Å²) in [6, 6.07) is 20.2. The van der Waals surface area contributed by atoms with Gasteiger partial charge in [0, 0.05) is 12.1 Å². The fourth-order valence-electron chi connectivity index (χ4n) is 4.70. The van der Waals surface area contributed by atoms with Crippen LogP contribution >= 0.6 is 0 Å². The summed E-state index contributed by atoms with van der Waals surface area (Å²) in [5.74, 6) is 0.566. The molecule has 11 heteroatoms. The van der Waals surface area contributed by atoms with E-state index in [0.29, 0.717) is 48.0 Å². The van der Waals surface area contributed by atoms with Crippen LogP contribution in [0.5, 0.6) is 0 Å². The third-order valence-corrected chi connectivity index (χ3v) is 6.60. The van der Waals surface area contributed by atoms with Crippen LogP contribution in [-0.4, -0.2) is 38.8 Å². The number of nitrogens with zero attached hydrogens (tertiary/aromatic N) is 5. The van der Waals surface area contributed by atoms with Crippen molar-refractivity contribution in [2.45, 2.75) is 31.9 Å². The Bertz CT molecular complexity index is 1440. The first-order valence-electron chi connectivity index (χ1n) is 12.2. The highest BCUT2D eigenvalue weighted by Gasteiger charge is 2.37. The van der Waals surface area contributed by atoms with Gasteiger partial charge in [-0.25, -0.2) is 4.68 Å². The molecule has 0 saturated heterocycles. The zero-order valence-corrected chi connectivity index (χ0v) is 20.7. The van der Waals surface area contributed by atoms with Crippen molar-refractivity contribution in [2.75, 3.05) is 13.1 Å². The Balaban J connectivity index is 1.58. The van der Waals surface area contributed by atoms with Crippen LogP contribution in [0.15, 0.2) is 83.9 Å². The van der Waals surface area contributed by atoms with Crippen LogP contribution in [0.2, 0.25) is 0 Å². The number of aliphatic imine (C=N–C) groups is 1. The van der Waals surface area contributed by atoms with Gasteiger partial charge in [0.2, 0.25) is 0 Å². The van der Waals surface area contributed by atoms with Gasteiger partial charge in [0.1, 0.15) is 5.69 Å². The minimum absolute atomic E-state index is 0.0564. The third-order valence-electron chi connectivity index (χ3n) is 6.60. The van der Waals surface area contributed by atoms with Gasteiger partial charge in [-0.2, -0.15) is 26.3 Å². The Morgan fingerprint density at radius 1 is 0.821 bits per heavy atom. The van der Waals surface area contributed by atoms with Crippen molar-refractivity contribution in [2.24, 2.45) is 4.99 Å². The lowest BCUT2D eigenvalue weighted by Crippen LogP contribution is -2.32. The molecule has 0 amide bonds. The number of rotatable bonds is 6. The number of hydrogen-bond acceptors (Lipinski definition) is 4. The molecule has 0 bridgehead atoms. The van der Waals surface area contributed by atoms with E-state index in [1.54, 1.807) is 30.3 Å². The molecule has 0 fully saturated rings. The third kappa shape index (κ3) is 5.52. The van der Waals surface area contributed by atoms with E-state index in [4.69, 9.17) is 0 Å². The second kappa shape index (κ2) is 10.2. The molecule has 0 saturated carbocycles. The van der Waals surface area contributed by atoms with E-state index >= 15 is 0 Å². The number of hydrogen-bond donors (Lipinski definition) is 0. The van der Waals surface area contributed by atoms with Crippen molar-refractivity contribution in [1.82, 2.24) is 19.9 Å². The van der Waals surface area contributed by atoms with Gasteiger partial charge in [0.15, 0.2) is 11.5 Å². The molecule has 39 heavy (non-hydrogen) atoms. The fraction of sp³-hybridized carbons (Fsp3) is 0.250. The zero-order valence-electron chi connectivity index (χ0n) is 20.7. The molecule has 202 valence electrons. The molecule has 0 radical (unpaired) electrons. The lowest BCUT2D eigenvalue weighted by atomic mass is 10.0. The molecule has 0 N–H and O–H groups in total. The molecule has 5 rings (SSSR count). The summed E-state index contributed by atoms with van der Waals surface area (Å²) >= 11 is 0. The summed E-state index contributed by atoms with van der Waals surface area (Å²) in [6.07, 6.45) is -9.89. The summed E-state index contributed by atoms with van der Waals surface area (Å²) in [5, 5.41) is 8.51. The molecule has 1 aliphatic heterocycles. The topological polar surface area (TPSA) is 46.3 Å². The molecule has 0 spiro atoms. The van der Waals surface area contributed by atoms with Crippen molar-refractivity contribution in [3.8, 4) is 11.3 Å². The Morgan fingerprint density at radius 3 is 2.00 bits per heavy atom. The van der Waals surface area contributed by atoms with Crippen LogP contribution in [0.1, 0.15) is 40.9 Å². The van der Waals surface area contributed by atoms with E-state index in [1.165, 1.54) is 4.68 Å². The Kier molecular flexibility index (Phi) is 6.92. The maximum absolute atomic E-state index is 13.5. The maximum atomic E-state index is 13.5. The van der Waals surface area contributed by atoms with Gasteiger partial charge in [0.05, 0.1) is 30.3 Å². The number of amidine groups is 1. The van der Waals surface area contributed by atoms with Crippen molar-refractivity contribution < 1.29 is 26.3 Å². The average molecular weight is 544 g/mol. The smallest absolute Gasteiger partial charge is 0.346 e. The maximum Gasteiger partial charge on any atom is 0.416 e. The summed E-state index contributed by atoms with van der Waals surface area (Å²) < 4.78 is 82.1. The Morgan fingerprint density at radius 2 is 1.41 bits per heavy atom. The molecule has 4 aromatic rings. The van der Waals surface area contributed by atoms with E-state index in [1.807, 2.05) is 37.3 Å². The lowest BCUT2D eigenvalue weighted by molar-refractivity contribution is -0.143. The van der Waals surface area contributed by atoms with E-state index in [-0.39, 0.29) is 24.2 Å². The standard InChI is InChI=1S/C28H23F6N5/c1-18(20-8-4-2-5-9-20)38-13-12-35-26(38)24-25(21-10-6-3-7-11-21)39(37-36-24)17-19-14-22(27(29,30)31)16-23(15-19)28(32,33)34/h2-11,14-16,18H,12-13,17H2,1H3. The first kappa shape index (κ1) is 26.5. The van der Waals surface area contributed by atoms with Gasteiger partial charge in [-0.3, -0.25) is 4.99 Å². The molecule has 1 unspecified atom stereocenters. The van der Waals surface area contributed by atoms with Gasteiger partial charge in [-0.15, -0.1) is 5.10 Å². The monoisotopic (exact) mass is 543 g/mol. The van der Waals surface area contributed by atoms with Crippen LogP contribution in [0.3, 0.4) is 0 Å². The molecule has 5 nitrogen and oxygen atoms in total. The van der Waals surface area contributed by atoms with Crippen LogP contribution in [-0.2, 0) is 18.9 Å². The van der Waals surface area contributed by atoms with Gasteiger partial charge in [0.25, 0.3) is 0 Å². The largest absolute Gasteiger partial charge is 0.416 e. The quantitative estimate of drug-likeness (QED) is 0.250. The summed E-state index contributed by atoms with van der Waals surface area (Å²) in [6.45, 7) is 2.81. The van der Waals surface area contributed by atoms with Crippen LogP contribution < -0.4 is 0 Å². The van der Waals surface area contributed by atoms with Crippen LogP contribution in [0, 0.1) is 0 Å². The van der Waals surface area contributed by atoms with Crippen molar-refractivity contribution in [3.63, 3.8) is 0 Å². The van der Waals surface area contributed by atoms with Crippen LogP contribution in [0.25, 0.3) is 11.3 Å². The Hall–Kier alpha value is -4.15. The highest BCUT2D eigenvalue weighted by Crippen LogP contribution is 2.37. The highest BCUT2D eigenvalue weighted by atomic mass is 19.4. The number of benzene rings is 3. The molecular weight excluding hydrogens is 520 g/mol. The predicted octanol–water partition coefficient (Wildman–Crippen LogP) is 6.85. The lowest BCUT2D eigenvalue weighted by Gasteiger charge is -2.27. The van der Waals surface area contributed by atoms with Gasteiger partial charge >= 0.3 is 12.4 Å². The van der Waals surface area contributed by atoms with Gasteiger partial charge in [-0.05, 0) is 36.2 Å². The van der Waals surface area contributed by atoms with E-state index in [0.717, 1.165) is 5.56 Å². The van der Waals surface area contributed by atoms with E-state index in [9.17, 15) is 26.3 Å². The van der Waals surface area contributed by atoms with Crippen LogP contribution in [0.4, 0.5) is 26.3 Å². The van der Waals surface area contributed by atoms with Crippen molar-refractivity contribution >= 4 is 5.84 Å². The molecule has 2 heterocycles. The SMILES string of the molecule is CC(c1ccccc1)N1CCN=C1c1nnn(Cc2cc(C(F)(F)F)cc(C(F)(F)F)c2)c1-c1ccccc1. The second-order valence-corrected chi connectivity index (χ2v) is 9.21. The second-order valence-electron chi connectivity index (χ2n) is 9.21. The number of aromatic nitrogens is 3. The molecule has 0 aliphatic carbocycles. The molecule has 1 aliphatic rings. The molecule has 3 aromatic carbocycles. The minimum Gasteiger partial charge on any atom is -0.346 e. The van der Waals surface area contributed by atoms with E-state index < -0.39 is 23.5 Å². The first-order valence-corrected chi connectivity index (χ1v) is 12.2.